The molecule has 3 nitrogen and oxygen atoms in total. The van der Waals surface area contributed by atoms with Crippen LogP contribution in [0.15, 0.2) is 48.0 Å². The maximum absolute atomic E-state index is 13.4. The number of nitrogens with zero attached hydrogens (tertiary/aromatic N) is 2. The van der Waals surface area contributed by atoms with Crippen molar-refractivity contribution in [3.63, 3.8) is 0 Å². The lowest BCUT2D eigenvalue weighted by molar-refractivity contribution is -0.0494. The smallest absolute Gasteiger partial charge is 0.253 e. The zero-order valence-corrected chi connectivity index (χ0v) is 19.9. The minimum Gasteiger partial charge on any atom is -0.338 e. The summed E-state index contributed by atoms with van der Waals surface area (Å²) >= 11 is 8.16. The summed E-state index contributed by atoms with van der Waals surface area (Å²) in [5.41, 5.74) is 4.32. The van der Waals surface area contributed by atoms with Crippen LogP contribution in [0.2, 0.25) is 5.02 Å². The number of carbonyl (C=O) groups excluding carboxylic acids is 1. The molecule has 1 fully saturated rings. The highest BCUT2D eigenvalue weighted by atomic mass is 35.5. The molecule has 1 aliphatic heterocycles. The fourth-order valence-corrected chi connectivity index (χ4v) is 4.92. The number of hydrogen-bond donors (Lipinski definition) is 0. The number of rotatable bonds is 3. The number of amides is 1. The van der Waals surface area contributed by atoms with E-state index in [1.807, 2.05) is 23.7 Å². The molecule has 1 amide bonds. The monoisotopic (exact) mass is 474 g/mol. The van der Waals surface area contributed by atoms with Gasteiger partial charge in [0.1, 0.15) is 0 Å². The number of alkyl halides is 2. The van der Waals surface area contributed by atoms with Gasteiger partial charge in [-0.05, 0) is 46.8 Å². The molecule has 0 unspecified atom stereocenters. The second-order valence-electron chi connectivity index (χ2n) is 9.22. The van der Waals surface area contributed by atoms with Gasteiger partial charge in [0.25, 0.3) is 11.8 Å². The van der Waals surface area contributed by atoms with Gasteiger partial charge < -0.3 is 4.90 Å². The van der Waals surface area contributed by atoms with E-state index in [4.69, 9.17) is 11.6 Å². The van der Waals surface area contributed by atoms with Crippen molar-refractivity contribution in [1.29, 1.82) is 0 Å². The first-order chi connectivity index (χ1) is 15.0. The highest BCUT2D eigenvalue weighted by Crippen LogP contribution is 2.37. The quantitative estimate of drug-likeness (QED) is 0.399. The number of aromatic nitrogens is 1. The van der Waals surface area contributed by atoms with Gasteiger partial charge in [0.15, 0.2) is 0 Å². The summed E-state index contributed by atoms with van der Waals surface area (Å²) in [6.07, 6.45) is 1.24. The van der Waals surface area contributed by atoms with Crippen molar-refractivity contribution in [1.82, 2.24) is 9.88 Å². The molecular weight excluding hydrogens is 450 g/mol. The van der Waals surface area contributed by atoms with Gasteiger partial charge in [0.05, 0.1) is 0 Å². The second kappa shape index (κ2) is 8.56. The number of carbonyl (C=O) groups is 1. The molecule has 0 aliphatic carbocycles. The number of hydrogen-bond acceptors (Lipinski definition) is 3. The fourth-order valence-electron chi connectivity index (χ4n) is 3.72. The Kier molecular flexibility index (Phi) is 6.12. The van der Waals surface area contributed by atoms with Gasteiger partial charge in [0, 0.05) is 64.3 Å². The summed E-state index contributed by atoms with van der Waals surface area (Å²) in [5, 5.41) is 2.51. The fraction of sp³-hybridized carbons (Fsp3) is 0.360. The van der Waals surface area contributed by atoms with E-state index < -0.39 is 5.92 Å². The lowest BCUT2D eigenvalue weighted by atomic mass is 9.90. The Hall–Kier alpha value is -2.31. The molecule has 0 radical (unpaired) electrons. The Labute approximate surface area is 196 Å². The minimum absolute atomic E-state index is 0.0357. The SMILES string of the molecule is CC(C)(C)c1cc(-c2cc(-c3ccc(C(=O)N4CCC(F)(F)CC4)cc3Cl)cs2)ccn1. The molecule has 7 heteroatoms. The molecule has 1 aromatic carbocycles. The van der Waals surface area contributed by atoms with Crippen LogP contribution in [0.1, 0.15) is 49.7 Å². The predicted molar refractivity (Wildman–Crippen MR) is 127 cm³/mol. The summed E-state index contributed by atoms with van der Waals surface area (Å²) in [7, 11) is 0. The lowest BCUT2D eigenvalue weighted by Crippen LogP contribution is -2.42. The van der Waals surface area contributed by atoms with E-state index in [1.165, 1.54) is 4.90 Å². The van der Waals surface area contributed by atoms with E-state index in [1.54, 1.807) is 23.5 Å². The van der Waals surface area contributed by atoms with Gasteiger partial charge in [-0.2, -0.15) is 0 Å². The Morgan fingerprint density at radius 2 is 1.81 bits per heavy atom. The Morgan fingerprint density at radius 1 is 1.09 bits per heavy atom. The van der Waals surface area contributed by atoms with Crippen LogP contribution in [0, 0.1) is 0 Å². The molecule has 0 spiro atoms. The van der Waals surface area contributed by atoms with Crippen LogP contribution in [-0.2, 0) is 5.41 Å². The van der Waals surface area contributed by atoms with E-state index in [0.29, 0.717) is 10.6 Å². The maximum atomic E-state index is 13.4. The molecule has 0 atom stereocenters. The number of halogens is 3. The van der Waals surface area contributed by atoms with E-state index in [0.717, 1.165) is 27.3 Å². The van der Waals surface area contributed by atoms with Crippen molar-refractivity contribution in [2.24, 2.45) is 0 Å². The van der Waals surface area contributed by atoms with Crippen LogP contribution in [0.4, 0.5) is 8.78 Å². The normalized spacial score (nSPS) is 16.2. The van der Waals surface area contributed by atoms with Crippen LogP contribution >= 0.6 is 22.9 Å². The third-order valence-corrected chi connectivity index (χ3v) is 7.01. The zero-order valence-electron chi connectivity index (χ0n) is 18.3. The topological polar surface area (TPSA) is 33.2 Å². The summed E-state index contributed by atoms with van der Waals surface area (Å²) in [5.74, 6) is -2.94. The van der Waals surface area contributed by atoms with Gasteiger partial charge in [0.2, 0.25) is 0 Å². The van der Waals surface area contributed by atoms with E-state index in [2.05, 4.69) is 37.9 Å². The van der Waals surface area contributed by atoms with Crippen molar-refractivity contribution in [2.45, 2.75) is 45.0 Å². The average molecular weight is 475 g/mol. The van der Waals surface area contributed by atoms with Crippen molar-refractivity contribution in [2.75, 3.05) is 13.1 Å². The third kappa shape index (κ3) is 4.86. The molecule has 0 saturated carbocycles. The first-order valence-corrected chi connectivity index (χ1v) is 11.8. The third-order valence-electron chi connectivity index (χ3n) is 5.72. The molecule has 32 heavy (non-hydrogen) atoms. The van der Waals surface area contributed by atoms with Crippen molar-refractivity contribution < 1.29 is 13.6 Å². The first-order valence-electron chi connectivity index (χ1n) is 10.6. The summed E-state index contributed by atoms with van der Waals surface area (Å²) in [6, 6.07) is 11.4. The molecule has 4 rings (SSSR count). The maximum Gasteiger partial charge on any atom is 0.253 e. The number of thiophene rings is 1. The second-order valence-corrected chi connectivity index (χ2v) is 10.5. The predicted octanol–water partition coefficient (Wildman–Crippen LogP) is 7.30. The van der Waals surface area contributed by atoms with Gasteiger partial charge in [-0.25, -0.2) is 8.78 Å². The highest BCUT2D eigenvalue weighted by molar-refractivity contribution is 7.14. The molecule has 2 aromatic heterocycles. The van der Waals surface area contributed by atoms with Crippen molar-refractivity contribution >= 4 is 28.8 Å². The number of benzene rings is 1. The van der Waals surface area contributed by atoms with Crippen molar-refractivity contribution in [3.05, 3.63) is 64.3 Å². The van der Waals surface area contributed by atoms with E-state index in [-0.39, 0.29) is 37.3 Å². The molecule has 1 saturated heterocycles. The standard InChI is InChI=1S/C25H25ClF2N2OS/c1-24(2,3)22-14-16(6-9-29-22)21-13-18(15-32-21)19-5-4-17(12-20(19)26)23(31)30-10-7-25(27,28)8-11-30/h4-6,9,12-15H,7-8,10-11H2,1-3H3. The van der Waals surface area contributed by atoms with Gasteiger partial charge in [-0.1, -0.05) is 38.4 Å². The van der Waals surface area contributed by atoms with Crippen LogP contribution in [0.25, 0.3) is 21.6 Å². The molecule has 168 valence electrons. The Balaban J connectivity index is 1.55. The number of pyridine rings is 1. The lowest BCUT2D eigenvalue weighted by Gasteiger charge is -2.31. The zero-order chi connectivity index (χ0) is 23.1. The van der Waals surface area contributed by atoms with Crippen LogP contribution < -0.4 is 0 Å². The Morgan fingerprint density at radius 3 is 2.47 bits per heavy atom. The van der Waals surface area contributed by atoms with Gasteiger partial charge in [-0.15, -0.1) is 11.3 Å². The van der Waals surface area contributed by atoms with Crippen LogP contribution in [-0.4, -0.2) is 34.8 Å². The molecule has 3 heterocycles. The van der Waals surface area contributed by atoms with E-state index in [9.17, 15) is 13.6 Å². The molecular formula is C25H25ClF2N2OS. The largest absolute Gasteiger partial charge is 0.338 e. The van der Waals surface area contributed by atoms with Crippen LogP contribution in [0.5, 0.6) is 0 Å². The number of likely N-dealkylation sites (tertiary alicyclic amines) is 1. The van der Waals surface area contributed by atoms with Gasteiger partial charge >= 0.3 is 0 Å². The van der Waals surface area contributed by atoms with Crippen molar-refractivity contribution in [3.8, 4) is 21.6 Å². The van der Waals surface area contributed by atoms with E-state index >= 15 is 0 Å². The molecule has 3 aromatic rings. The molecule has 0 N–H and O–H groups in total. The number of piperidine rings is 1. The van der Waals surface area contributed by atoms with Crippen LogP contribution in [0.3, 0.4) is 0 Å². The Bertz CT molecular complexity index is 1140. The summed E-state index contributed by atoms with van der Waals surface area (Å²) < 4.78 is 26.8. The first kappa shape index (κ1) is 22.9. The minimum atomic E-state index is -2.68. The summed E-state index contributed by atoms with van der Waals surface area (Å²) in [6.45, 7) is 6.52. The molecule has 1 aliphatic rings. The highest BCUT2D eigenvalue weighted by Gasteiger charge is 2.35. The summed E-state index contributed by atoms with van der Waals surface area (Å²) in [4.78, 5) is 19.8. The van der Waals surface area contributed by atoms with Gasteiger partial charge in [-0.3, -0.25) is 9.78 Å². The average Bonchev–Trinajstić information content (AvgIpc) is 3.22. The molecule has 0 bridgehead atoms.